The first-order valence-corrected chi connectivity index (χ1v) is 10.6. The zero-order valence-corrected chi connectivity index (χ0v) is 18.7. The van der Waals surface area contributed by atoms with Gasteiger partial charge in [-0.3, -0.25) is 19.4 Å². The highest BCUT2D eigenvalue weighted by molar-refractivity contribution is 5.99. The van der Waals surface area contributed by atoms with E-state index in [0.717, 1.165) is 5.69 Å². The van der Waals surface area contributed by atoms with Crippen LogP contribution in [0.3, 0.4) is 0 Å². The minimum atomic E-state index is -5.08. The Balaban J connectivity index is 0.000000429. The molecule has 2 aromatic rings. The number of amides is 3. The highest BCUT2D eigenvalue weighted by Gasteiger charge is 2.51. The van der Waals surface area contributed by atoms with Crippen LogP contribution in [0.5, 0.6) is 0 Å². The van der Waals surface area contributed by atoms with Crippen LogP contribution in [0.15, 0.2) is 54.9 Å². The molecule has 1 spiro atoms. The van der Waals surface area contributed by atoms with E-state index in [9.17, 15) is 27.6 Å². The maximum absolute atomic E-state index is 12.9. The predicted molar refractivity (Wildman–Crippen MR) is 117 cm³/mol. The molecule has 3 heterocycles. The number of halogens is 3. The van der Waals surface area contributed by atoms with E-state index < -0.39 is 17.7 Å². The third-order valence-electron chi connectivity index (χ3n) is 5.84. The third kappa shape index (κ3) is 5.76. The SMILES string of the molecule is CC(=O)N1CC(=O)N(c2ccccc2)CC12CCN(C(=O)c1cccnc1)C2.O=C(O)C(F)(F)F. The summed E-state index contributed by atoms with van der Waals surface area (Å²) in [6.45, 7) is 2.83. The number of carbonyl (C=O) groups excluding carboxylic acids is 3. The lowest BCUT2D eigenvalue weighted by molar-refractivity contribution is -0.192. The van der Waals surface area contributed by atoms with Gasteiger partial charge in [0, 0.05) is 38.1 Å². The van der Waals surface area contributed by atoms with Gasteiger partial charge in [0.15, 0.2) is 0 Å². The van der Waals surface area contributed by atoms with Crippen molar-refractivity contribution in [2.24, 2.45) is 0 Å². The summed E-state index contributed by atoms with van der Waals surface area (Å²) in [4.78, 5) is 56.0. The van der Waals surface area contributed by atoms with Gasteiger partial charge in [0.05, 0.1) is 17.6 Å². The molecule has 2 aliphatic rings. The number of carboxylic acids is 1. The molecule has 35 heavy (non-hydrogen) atoms. The third-order valence-corrected chi connectivity index (χ3v) is 5.84. The van der Waals surface area contributed by atoms with Gasteiger partial charge in [-0.2, -0.15) is 13.2 Å². The molecule has 186 valence electrons. The Morgan fingerprint density at radius 1 is 1.06 bits per heavy atom. The van der Waals surface area contributed by atoms with Crippen molar-refractivity contribution in [3.8, 4) is 0 Å². The standard InChI is InChI=1S/C21H22N4O3.C2HF3O2/c1-16(26)25-13-19(27)24(18-7-3-2-4-8-18)15-21(25)9-11-23(14-21)20(28)17-6-5-10-22-12-17;3-2(4,5)1(6)7/h2-8,10,12H,9,11,13-15H2,1H3;(H,6,7). The first-order valence-electron chi connectivity index (χ1n) is 10.6. The van der Waals surface area contributed by atoms with Gasteiger partial charge in [-0.05, 0) is 30.7 Å². The number of pyridine rings is 1. The maximum Gasteiger partial charge on any atom is 0.490 e. The van der Waals surface area contributed by atoms with Crippen molar-refractivity contribution in [2.45, 2.75) is 25.1 Å². The quantitative estimate of drug-likeness (QED) is 0.688. The molecule has 1 unspecified atom stereocenters. The Hall–Kier alpha value is -3.96. The molecule has 1 N–H and O–H groups in total. The summed E-state index contributed by atoms with van der Waals surface area (Å²) in [7, 11) is 0. The van der Waals surface area contributed by atoms with Crippen LogP contribution in [0, 0.1) is 0 Å². The molecule has 3 amide bonds. The first-order chi connectivity index (χ1) is 16.4. The van der Waals surface area contributed by atoms with Crippen molar-refractivity contribution in [2.75, 3.05) is 31.1 Å². The lowest BCUT2D eigenvalue weighted by atomic mass is 9.91. The minimum Gasteiger partial charge on any atom is -0.475 e. The zero-order chi connectivity index (χ0) is 25.8. The molecule has 9 nitrogen and oxygen atoms in total. The Kier molecular flexibility index (Phi) is 7.42. The van der Waals surface area contributed by atoms with Crippen LogP contribution in [-0.2, 0) is 14.4 Å². The van der Waals surface area contributed by atoms with Crippen molar-refractivity contribution >= 4 is 29.4 Å². The maximum atomic E-state index is 12.9. The number of anilines is 1. The van der Waals surface area contributed by atoms with Gasteiger partial charge in [0.2, 0.25) is 11.8 Å². The van der Waals surface area contributed by atoms with Gasteiger partial charge in [0.1, 0.15) is 6.54 Å². The molecule has 1 aromatic heterocycles. The number of hydrogen-bond donors (Lipinski definition) is 1. The number of alkyl halides is 3. The van der Waals surface area contributed by atoms with Gasteiger partial charge in [0.25, 0.3) is 5.91 Å². The predicted octanol–water partition coefficient (Wildman–Crippen LogP) is 2.19. The number of aromatic nitrogens is 1. The number of nitrogens with zero attached hydrogens (tertiary/aromatic N) is 4. The number of carbonyl (C=O) groups is 4. The summed E-state index contributed by atoms with van der Waals surface area (Å²) >= 11 is 0. The molecule has 12 heteroatoms. The van der Waals surface area contributed by atoms with Gasteiger partial charge in [-0.15, -0.1) is 0 Å². The van der Waals surface area contributed by atoms with E-state index in [-0.39, 0.29) is 24.3 Å². The highest BCUT2D eigenvalue weighted by atomic mass is 19.4. The van der Waals surface area contributed by atoms with Crippen LogP contribution < -0.4 is 4.90 Å². The van der Waals surface area contributed by atoms with Gasteiger partial charge >= 0.3 is 12.1 Å². The number of para-hydroxylation sites is 1. The van der Waals surface area contributed by atoms with E-state index in [4.69, 9.17) is 9.90 Å². The molecule has 1 aromatic carbocycles. The molecular weight excluding hydrogens is 469 g/mol. The molecule has 4 rings (SSSR count). The molecule has 1 atom stereocenters. The average Bonchev–Trinajstić information content (AvgIpc) is 3.25. The normalized spacial score (nSPS) is 19.9. The van der Waals surface area contributed by atoms with Crippen LogP contribution >= 0.6 is 0 Å². The number of rotatable bonds is 2. The number of carboxylic acid groups (broad SMARTS) is 1. The fourth-order valence-corrected chi connectivity index (χ4v) is 4.20. The number of piperazine rings is 1. The van der Waals surface area contributed by atoms with Crippen LogP contribution in [-0.4, -0.2) is 81.5 Å². The summed E-state index contributed by atoms with van der Waals surface area (Å²) in [5.41, 5.74) is 0.765. The van der Waals surface area contributed by atoms with Crippen molar-refractivity contribution in [1.82, 2.24) is 14.8 Å². The Bertz CT molecular complexity index is 1100. The molecule has 0 radical (unpaired) electrons. The average molecular weight is 492 g/mol. The van der Waals surface area contributed by atoms with Crippen LogP contribution in [0.1, 0.15) is 23.7 Å². The molecule has 2 saturated heterocycles. The fourth-order valence-electron chi connectivity index (χ4n) is 4.20. The molecule has 0 aliphatic carbocycles. The topological polar surface area (TPSA) is 111 Å². The zero-order valence-electron chi connectivity index (χ0n) is 18.7. The summed E-state index contributed by atoms with van der Waals surface area (Å²) < 4.78 is 31.7. The van der Waals surface area contributed by atoms with E-state index in [2.05, 4.69) is 4.98 Å². The summed E-state index contributed by atoms with van der Waals surface area (Å²) in [6.07, 6.45) is -1.27. The minimum absolute atomic E-state index is 0.0269. The fraction of sp³-hybridized carbons (Fsp3) is 0.348. The lowest BCUT2D eigenvalue weighted by Crippen LogP contribution is -2.67. The number of aliphatic carboxylic acids is 1. The van der Waals surface area contributed by atoms with E-state index >= 15 is 0 Å². The molecule has 2 aliphatic heterocycles. The van der Waals surface area contributed by atoms with Crippen LogP contribution in [0.25, 0.3) is 0 Å². The molecular formula is C23H23F3N4O5. The van der Waals surface area contributed by atoms with Gasteiger partial charge in [-0.25, -0.2) is 4.79 Å². The smallest absolute Gasteiger partial charge is 0.475 e. The van der Waals surface area contributed by atoms with Crippen LogP contribution in [0.4, 0.5) is 18.9 Å². The summed E-state index contributed by atoms with van der Waals surface area (Å²) in [5.74, 6) is -3.11. The van der Waals surface area contributed by atoms with Crippen molar-refractivity contribution in [3.63, 3.8) is 0 Å². The molecule has 0 saturated carbocycles. The van der Waals surface area contributed by atoms with Crippen molar-refractivity contribution in [3.05, 3.63) is 60.4 Å². The van der Waals surface area contributed by atoms with Crippen LogP contribution in [0.2, 0.25) is 0 Å². The second kappa shape index (κ2) is 10.1. The van der Waals surface area contributed by atoms with E-state index in [1.165, 1.54) is 6.92 Å². The van der Waals surface area contributed by atoms with E-state index in [1.807, 2.05) is 30.3 Å². The van der Waals surface area contributed by atoms with E-state index in [1.54, 1.807) is 39.2 Å². The Morgan fingerprint density at radius 2 is 1.71 bits per heavy atom. The van der Waals surface area contributed by atoms with E-state index in [0.29, 0.717) is 31.6 Å². The van der Waals surface area contributed by atoms with Gasteiger partial charge in [-0.1, -0.05) is 18.2 Å². The summed E-state index contributed by atoms with van der Waals surface area (Å²) in [5, 5.41) is 7.12. The molecule has 2 fully saturated rings. The van der Waals surface area contributed by atoms with Crippen molar-refractivity contribution < 1.29 is 37.5 Å². The largest absolute Gasteiger partial charge is 0.490 e. The Morgan fingerprint density at radius 3 is 2.26 bits per heavy atom. The first kappa shape index (κ1) is 25.7. The lowest BCUT2D eigenvalue weighted by Gasteiger charge is -2.48. The number of hydrogen-bond acceptors (Lipinski definition) is 5. The number of likely N-dealkylation sites (tertiary alicyclic amines) is 1. The van der Waals surface area contributed by atoms with Gasteiger partial charge < -0.3 is 19.8 Å². The monoisotopic (exact) mass is 492 g/mol. The number of benzene rings is 1. The second-order valence-electron chi connectivity index (χ2n) is 8.17. The van der Waals surface area contributed by atoms with Crippen molar-refractivity contribution in [1.29, 1.82) is 0 Å². The highest BCUT2D eigenvalue weighted by Crippen LogP contribution is 2.35. The summed E-state index contributed by atoms with van der Waals surface area (Å²) in [6, 6.07) is 12.9. The Labute approximate surface area is 198 Å². The second-order valence-corrected chi connectivity index (χ2v) is 8.17. The molecule has 0 bridgehead atoms.